The Kier molecular flexibility index (Phi) is 4.25. The van der Waals surface area contributed by atoms with Crippen molar-refractivity contribution >= 4 is 17.5 Å². The molecule has 0 radical (unpaired) electrons. The minimum atomic E-state index is -0.0292. The van der Waals surface area contributed by atoms with Crippen LogP contribution in [0.25, 0.3) is 0 Å². The first-order valence-corrected chi connectivity index (χ1v) is 6.71. The quantitative estimate of drug-likeness (QED) is 0.882. The molecule has 1 amide bonds. The number of piperidine rings is 1. The zero-order valence-corrected chi connectivity index (χ0v) is 11.4. The maximum Gasteiger partial charge on any atom is 0.251 e. The number of amides is 1. The van der Waals surface area contributed by atoms with Gasteiger partial charge < -0.3 is 10.6 Å². The van der Waals surface area contributed by atoms with Gasteiger partial charge in [0, 0.05) is 23.7 Å². The van der Waals surface area contributed by atoms with E-state index >= 15 is 0 Å². The molecule has 1 aliphatic heterocycles. The zero-order valence-electron chi connectivity index (χ0n) is 10.6. The van der Waals surface area contributed by atoms with Crippen molar-refractivity contribution < 1.29 is 4.79 Å². The number of carbonyl (C=O) groups excluding carboxylic acids is 1. The molecule has 18 heavy (non-hydrogen) atoms. The maximum absolute atomic E-state index is 12.0. The van der Waals surface area contributed by atoms with Crippen molar-refractivity contribution in [1.29, 1.82) is 0 Å². The number of hydrogen-bond acceptors (Lipinski definition) is 2. The van der Waals surface area contributed by atoms with Gasteiger partial charge in [-0.05, 0) is 49.1 Å². The van der Waals surface area contributed by atoms with E-state index < -0.39 is 0 Å². The van der Waals surface area contributed by atoms with Crippen molar-refractivity contribution in [2.45, 2.75) is 19.8 Å². The highest BCUT2D eigenvalue weighted by atomic mass is 35.5. The fourth-order valence-corrected chi connectivity index (χ4v) is 2.39. The highest BCUT2D eigenvalue weighted by Gasteiger charge is 2.27. The second-order valence-electron chi connectivity index (χ2n) is 5.28. The molecule has 4 heteroatoms. The molecular formula is C14H19ClN2O. The van der Waals surface area contributed by atoms with Crippen LogP contribution in [0.15, 0.2) is 24.3 Å². The van der Waals surface area contributed by atoms with Crippen LogP contribution in [0.5, 0.6) is 0 Å². The summed E-state index contributed by atoms with van der Waals surface area (Å²) in [6.45, 7) is 4.97. The highest BCUT2D eigenvalue weighted by molar-refractivity contribution is 6.30. The van der Waals surface area contributed by atoms with Gasteiger partial charge in [0.05, 0.1) is 0 Å². The molecule has 1 unspecified atom stereocenters. The first-order chi connectivity index (χ1) is 8.59. The average molecular weight is 267 g/mol. The van der Waals surface area contributed by atoms with E-state index in [2.05, 4.69) is 17.6 Å². The van der Waals surface area contributed by atoms with Gasteiger partial charge in [-0.2, -0.15) is 0 Å². The summed E-state index contributed by atoms with van der Waals surface area (Å²) in [4.78, 5) is 12.0. The van der Waals surface area contributed by atoms with E-state index in [4.69, 9.17) is 11.6 Å². The molecule has 1 saturated heterocycles. The van der Waals surface area contributed by atoms with Crippen LogP contribution < -0.4 is 10.6 Å². The monoisotopic (exact) mass is 266 g/mol. The van der Waals surface area contributed by atoms with Crippen molar-refractivity contribution in [3.8, 4) is 0 Å². The smallest absolute Gasteiger partial charge is 0.251 e. The minimum Gasteiger partial charge on any atom is -0.351 e. The van der Waals surface area contributed by atoms with Gasteiger partial charge in [0.2, 0.25) is 0 Å². The summed E-state index contributed by atoms with van der Waals surface area (Å²) < 4.78 is 0. The van der Waals surface area contributed by atoms with Gasteiger partial charge in [0.1, 0.15) is 0 Å². The molecule has 0 aromatic heterocycles. The molecule has 2 rings (SSSR count). The largest absolute Gasteiger partial charge is 0.351 e. The van der Waals surface area contributed by atoms with Crippen LogP contribution in [0.4, 0.5) is 0 Å². The predicted octanol–water partition coefficient (Wildman–Crippen LogP) is 2.46. The topological polar surface area (TPSA) is 41.1 Å². The van der Waals surface area contributed by atoms with Gasteiger partial charge in [-0.1, -0.05) is 18.5 Å². The predicted molar refractivity (Wildman–Crippen MR) is 74.0 cm³/mol. The summed E-state index contributed by atoms with van der Waals surface area (Å²) in [6, 6.07) is 6.97. The molecule has 1 fully saturated rings. The summed E-state index contributed by atoms with van der Waals surface area (Å²) >= 11 is 5.80. The first kappa shape index (κ1) is 13.4. The third kappa shape index (κ3) is 3.47. The van der Waals surface area contributed by atoms with Gasteiger partial charge in [-0.15, -0.1) is 0 Å². The molecule has 1 aromatic carbocycles. The molecule has 0 bridgehead atoms. The van der Waals surface area contributed by atoms with E-state index in [1.807, 2.05) is 0 Å². The molecule has 0 spiro atoms. The fourth-order valence-electron chi connectivity index (χ4n) is 2.27. The van der Waals surface area contributed by atoms with Gasteiger partial charge >= 0.3 is 0 Å². The Bertz CT molecular complexity index is 410. The lowest BCUT2D eigenvalue weighted by atomic mass is 9.83. The molecule has 1 aromatic rings. The van der Waals surface area contributed by atoms with Crippen LogP contribution in [0.1, 0.15) is 30.1 Å². The lowest BCUT2D eigenvalue weighted by molar-refractivity contribution is 0.0924. The van der Waals surface area contributed by atoms with Gasteiger partial charge in [0.25, 0.3) is 5.91 Å². The van der Waals surface area contributed by atoms with Crippen molar-refractivity contribution in [1.82, 2.24) is 10.6 Å². The zero-order chi connectivity index (χ0) is 13.0. The van der Waals surface area contributed by atoms with Crippen LogP contribution in [0, 0.1) is 5.41 Å². The van der Waals surface area contributed by atoms with Crippen molar-refractivity contribution in [3.05, 3.63) is 34.9 Å². The number of halogens is 1. The molecule has 1 heterocycles. The Morgan fingerprint density at radius 3 is 2.78 bits per heavy atom. The van der Waals surface area contributed by atoms with Crippen LogP contribution in [0.3, 0.4) is 0 Å². The Morgan fingerprint density at radius 2 is 2.17 bits per heavy atom. The number of nitrogens with one attached hydrogen (secondary N) is 2. The van der Waals surface area contributed by atoms with Crippen LogP contribution in [-0.4, -0.2) is 25.5 Å². The van der Waals surface area contributed by atoms with E-state index in [1.165, 1.54) is 6.42 Å². The van der Waals surface area contributed by atoms with E-state index in [0.717, 1.165) is 19.5 Å². The summed E-state index contributed by atoms with van der Waals surface area (Å²) in [6.07, 6.45) is 2.33. The van der Waals surface area contributed by atoms with Crippen LogP contribution >= 0.6 is 11.6 Å². The summed E-state index contributed by atoms with van der Waals surface area (Å²) in [5.41, 5.74) is 0.826. The number of carbonyl (C=O) groups is 1. The normalized spacial score (nSPS) is 23.7. The molecule has 1 atom stereocenters. The lowest BCUT2D eigenvalue weighted by Crippen LogP contribution is -2.45. The van der Waals surface area contributed by atoms with Crippen molar-refractivity contribution in [2.24, 2.45) is 5.41 Å². The summed E-state index contributed by atoms with van der Waals surface area (Å²) in [5, 5.41) is 7.03. The Morgan fingerprint density at radius 1 is 1.44 bits per heavy atom. The van der Waals surface area contributed by atoms with E-state index in [0.29, 0.717) is 17.1 Å². The fraction of sp³-hybridized carbons (Fsp3) is 0.500. The molecule has 0 aliphatic carbocycles. The highest BCUT2D eigenvalue weighted by Crippen LogP contribution is 2.24. The number of rotatable bonds is 3. The van der Waals surface area contributed by atoms with Gasteiger partial charge in [0.15, 0.2) is 0 Å². The lowest BCUT2D eigenvalue weighted by Gasteiger charge is -2.34. The third-order valence-corrected chi connectivity index (χ3v) is 3.72. The van der Waals surface area contributed by atoms with E-state index in [-0.39, 0.29) is 11.3 Å². The second-order valence-corrected chi connectivity index (χ2v) is 5.72. The molecule has 1 aliphatic rings. The minimum absolute atomic E-state index is 0.0292. The van der Waals surface area contributed by atoms with E-state index in [1.54, 1.807) is 24.3 Å². The molecule has 0 saturated carbocycles. The van der Waals surface area contributed by atoms with Gasteiger partial charge in [-0.25, -0.2) is 0 Å². The average Bonchev–Trinajstić information content (AvgIpc) is 2.38. The number of benzene rings is 1. The third-order valence-electron chi connectivity index (χ3n) is 3.47. The summed E-state index contributed by atoms with van der Waals surface area (Å²) in [7, 11) is 0. The van der Waals surface area contributed by atoms with Crippen molar-refractivity contribution in [3.63, 3.8) is 0 Å². The van der Waals surface area contributed by atoms with E-state index in [9.17, 15) is 4.79 Å². The Labute approximate surface area is 113 Å². The summed E-state index contributed by atoms with van der Waals surface area (Å²) in [5.74, 6) is -0.0292. The second kappa shape index (κ2) is 5.72. The first-order valence-electron chi connectivity index (χ1n) is 6.34. The van der Waals surface area contributed by atoms with Crippen LogP contribution in [0.2, 0.25) is 5.02 Å². The molecular weight excluding hydrogens is 248 g/mol. The molecule has 3 nitrogen and oxygen atoms in total. The standard InChI is InChI=1S/C14H19ClN2O/c1-14(7-2-8-16-9-14)10-17-13(18)11-3-5-12(15)6-4-11/h3-6,16H,2,7-10H2,1H3,(H,17,18). The molecule has 98 valence electrons. The maximum atomic E-state index is 12.0. The van der Waals surface area contributed by atoms with Crippen LogP contribution in [-0.2, 0) is 0 Å². The SMILES string of the molecule is CC1(CNC(=O)c2ccc(Cl)cc2)CCCNC1. The Hall–Kier alpha value is -1.06. The number of hydrogen-bond donors (Lipinski definition) is 2. The Balaban J connectivity index is 1.89. The molecule has 2 N–H and O–H groups in total. The van der Waals surface area contributed by atoms with Gasteiger partial charge in [-0.3, -0.25) is 4.79 Å². The van der Waals surface area contributed by atoms with Crippen molar-refractivity contribution in [2.75, 3.05) is 19.6 Å².